The summed E-state index contributed by atoms with van der Waals surface area (Å²) in [5, 5.41) is 0.580. The number of nitrogens with two attached hydrogens (primary N) is 1. The van der Waals surface area contributed by atoms with Crippen LogP contribution in [-0.2, 0) is 0 Å². The van der Waals surface area contributed by atoms with Crippen LogP contribution in [0, 0.1) is 9.49 Å². The first-order valence-corrected chi connectivity index (χ1v) is 7.74. The molecule has 2 N–H and O–H groups in total. The van der Waals surface area contributed by atoms with Gasteiger partial charge >= 0.3 is 0 Å². The predicted octanol–water partition coefficient (Wildman–Crippen LogP) is 3.81. The molecule has 0 radical (unpaired) electrons. The third-order valence-corrected chi connectivity index (χ3v) is 4.34. The van der Waals surface area contributed by atoms with Gasteiger partial charge in [-0.05, 0) is 53.1 Å². The maximum Gasteiger partial charge on any atom is 0.254 e. The average molecular weight is 431 g/mol. The van der Waals surface area contributed by atoms with Crippen molar-refractivity contribution < 1.29 is 4.79 Å². The van der Waals surface area contributed by atoms with Gasteiger partial charge < -0.3 is 10.6 Å². The number of halogens is 3. The number of amides is 1. The molecule has 1 aromatic carbocycles. The largest absolute Gasteiger partial charge is 0.342 e. The Morgan fingerprint density at radius 2 is 2.05 bits per heavy atom. The first-order chi connectivity index (χ1) is 8.82. The lowest BCUT2D eigenvalue weighted by molar-refractivity contribution is 0.0788. The van der Waals surface area contributed by atoms with Crippen LogP contribution in [0.25, 0.3) is 0 Å². The molecule has 1 unspecified atom stereocenters. The fourth-order valence-corrected chi connectivity index (χ4v) is 2.38. The van der Waals surface area contributed by atoms with Crippen molar-refractivity contribution in [1.82, 2.24) is 4.90 Å². The molecule has 0 fully saturated rings. The van der Waals surface area contributed by atoms with Gasteiger partial charge in [-0.2, -0.15) is 0 Å². The summed E-state index contributed by atoms with van der Waals surface area (Å²) in [5.74, 6) is 0.415. The topological polar surface area (TPSA) is 46.3 Å². The summed E-state index contributed by atoms with van der Waals surface area (Å²) in [7, 11) is 1.80. The molecule has 0 aliphatic carbocycles. The Hall–Kier alpha value is -0.0400. The zero-order valence-corrected chi connectivity index (χ0v) is 15.6. The van der Waals surface area contributed by atoms with E-state index in [4.69, 9.17) is 17.3 Å². The van der Waals surface area contributed by atoms with E-state index in [1.807, 2.05) is 6.07 Å². The first-order valence-electron chi connectivity index (χ1n) is 6.29. The normalized spacial score (nSPS) is 11.9. The van der Waals surface area contributed by atoms with Crippen LogP contribution in [0.1, 0.15) is 30.6 Å². The molecule has 0 aliphatic heterocycles. The van der Waals surface area contributed by atoms with Gasteiger partial charge in [0.2, 0.25) is 0 Å². The number of carbonyl (C=O) groups is 1. The molecule has 1 aromatic rings. The van der Waals surface area contributed by atoms with E-state index in [1.165, 1.54) is 0 Å². The van der Waals surface area contributed by atoms with Gasteiger partial charge in [-0.15, -0.1) is 12.4 Å². The van der Waals surface area contributed by atoms with Crippen molar-refractivity contribution in [2.75, 3.05) is 13.6 Å². The van der Waals surface area contributed by atoms with E-state index < -0.39 is 0 Å². The predicted molar refractivity (Wildman–Crippen MR) is 95.8 cm³/mol. The second kappa shape index (κ2) is 9.07. The van der Waals surface area contributed by atoms with Gasteiger partial charge in [0.15, 0.2) is 0 Å². The lowest BCUT2D eigenvalue weighted by atomic mass is 10.0. The Balaban J connectivity index is 0.00000361. The molecule has 0 aromatic heterocycles. The summed E-state index contributed by atoms with van der Waals surface area (Å²) >= 11 is 8.09. The van der Waals surface area contributed by atoms with Gasteiger partial charge in [-0.1, -0.05) is 25.4 Å². The van der Waals surface area contributed by atoms with Crippen LogP contribution in [0.5, 0.6) is 0 Å². The molecule has 0 saturated carbocycles. The minimum absolute atomic E-state index is 0. The fraction of sp³-hybridized carbons (Fsp3) is 0.500. The highest BCUT2D eigenvalue weighted by Gasteiger charge is 2.16. The summed E-state index contributed by atoms with van der Waals surface area (Å²) < 4.78 is 0.909. The van der Waals surface area contributed by atoms with Crippen molar-refractivity contribution in [1.29, 1.82) is 0 Å². The first kappa shape index (κ1) is 20.0. The van der Waals surface area contributed by atoms with Gasteiger partial charge in [0.1, 0.15) is 0 Å². The number of hydrogen-bond donors (Lipinski definition) is 1. The Morgan fingerprint density at radius 1 is 1.45 bits per heavy atom. The molecule has 6 heteroatoms. The van der Waals surface area contributed by atoms with Crippen LogP contribution in [0.3, 0.4) is 0 Å². The molecular formula is C14H21Cl2IN2O. The molecule has 114 valence electrons. The Kier molecular flexibility index (Phi) is 9.06. The SMILES string of the molecule is CC(C)C(N)CCN(C)C(=O)c1cc(Cl)ccc1I.Cl. The van der Waals surface area contributed by atoms with Gasteiger partial charge in [0.25, 0.3) is 5.91 Å². The van der Waals surface area contributed by atoms with Crippen molar-refractivity contribution in [3.05, 3.63) is 32.4 Å². The van der Waals surface area contributed by atoms with E-state index in [9.17, 15) is 4.79 Å². The molecule has 1 rings (SSSR count). The van der Waals surface area contributed by atoms with Gasteiger partial charge in [-0.25, -0.2) is 0 Å². The van der Waals surface area contributed by atoms with Crippen LogP contribution in [0.2, 0.25) is 5.02 Å². The smallest absolute Gasteiger partial charge is 0.254 e. The number of hydrogen-bond acceptors (Lipinski definition) is 2. The van der Waals surface area contributed by atoms with E-state index >= 15 is 0 Å². The lowest BCUT2D eigenvalue weighted by Gasteiger charge is -2.22. The van der Waals surface area contributed by atoms with E-state index in [2.05, 4.69) is 36.4 Å². The minimum Gasteiger partial charge on any atom is -0.342 e. The second-order valence-corrected chi connectivity index (χ2v) is 6.65. The molecule has 20 heavy (non-hydrogen) atoms. The van der Waals surface area contributed by atoms with Crippen molar-refractivity contribution >= 4 is 52.5 Å². The van der Waals surface area contributed by atoms with Crippen LogP contribution >= 0.6 is 46.6 Å². The van der Waals surface area contributed by atoms with Gasteiger partial charge in [0.05, 0.1) is 5.56 Å². The van der Waals surface area contributed by atoms with Crippen LogP contribution < -0.4 is 5.73 Å². The Bertz CT molecular complexity index is 455. The number of carbonyl (C=O) groups excluding carboxylic acids is 1. The van der Waals surface area contributed by atoms with Crippen molar-refractivity contribution in [3.63, 3.8) is 0 Å². The molecule has 1 amide bonds. The standard InChI is InChI=1S/C14H20ClIN2O.ClH/c1-9(2)13(17)6-7-18(3)14(19)11-8-10(15)4-5-12(11)16;/h4-5,8-9,13H,6-7,17H2,1-3H3;1H. The molecule has 0 bridgehead atoms. The summed E-state index contributed by atoms with van der Waals surface area (Å²) in [5.41, 5.74) is 6.64. The summed E-state index contributed by atoms with van der Waals surface area (Å²) in [6.07, 6.45) is 0.803. The van der Waals surface area contributed by atoms with Gasteiger partial charge in [0, 0.05) is 28.2 Å². The zero-order chi connectivity index (χ0) is 14.6. The van der Waals surface area contributed by atoms with Crippen LogP contribution in [-0.4, -0.2) is 30.4 Å². The van der Waals surface area contributed by atoms with E-state index in [-0.39, 0.29) is 24.4 Å². The summed E-state index contributed by atoms with van der Waals surface area (Å²) in [4.78, 5) is 14.0. The third-order valence-electron chi connectivity index (χ3n) is 3.16. The number of benzene rings is 1. The maximum absolute atomic E-state index is 12.3. The highest BCUT2D eigenvalue weighted by molar-refractivity contribution is 14.1. The Morgan fingerprint density at radius 3 is 2.60 bits per heavy atom. The molecule has 0 spiro atoms. The highest BCUT2D eigenvalue weighted by atomic mass is 127. The summed E-state index contributed by atoms with van der Waals surface area (Å²) in [6, 6.07) is 5.47. The van der Waals surface area contributed by atoms with E-state index in [0.29, 0.717) is 23.0 Å². The molecular weight excluding hydrogens is 410 g/mol. The van der Waals surface area contributed by atoms with Crippen molar-refractivity contribution in [2.24, 2.45) is 11.7 Å². The second-order valence-electron chi connectivity index (χ2n) is 5.05. The number of nitrogens with zero attached hydrogens (tertiary/aromatic N) is 1. The molecule has 0 heterocycles. The monoisotopic (exact) mass is 430 g/mol. The van der Waals surface area contributed by atoms with E-state index in [0.717, 1.165) is 9.99 Å². The van der Waals surface area contributed by atoms with Crippen LogP contribution in [0.15, 0.2) is 18.2 Å². The quantitative estimate of drug-likeness (QED) is 0.722. The van der Waals surface area contributed by atoms with E-state index in [1.54, 1.807) is 24.1 Å². The fourth-order valence-electron chi connectivity index (χ4n) is 1.64. The summed E-state index contributed by atoms with van der Waals surface area (Å²) in [6.45, 7) is 4.83. The number of rotatable bonds is 5. The third kappa shape index (κ3) is 5.76. The lowest BCUT2D eigenvalue weighted by Crippen LogP contribution is -2.34. The minimum atomic E-state index is -0.0112. The maximum atomic E-state index is 12.3. The zero-order valence-electron chi connectivity index (χ0n) is 11.9. The average Bonchev–Trinajstić information content (AvgIpc) is 2.37. The Labute approximate surface area is 145 Å². The molecule has 0 aliphatic rings. The highest BCUT2D eigenvalue weighted by Crippen LogP contribution is 2.19. The molecule has 3 nitrogen and oxygen atoms in total. The van der Waals surface area contributed by atoms with Crippen LogP contribution in [0.4, 0.5) is 0 Å². The molecule has 1 atom stereocenters. The van der Waals surface area contributed by atoms with Gasteiger partial charge in [-0.3, -0.25) is 4.79 Å². The van der Waals surface area contributed by atoms with Crippen molar-refractivity contribution in [3.8, 4) is 0 Å². The van der Waals surface area contributed by atoms with Crippen molar-refractivity contribution in [2.45, 2.75) is 26.3 Å². The molecule has 0 saturated heterocycles.